The maximum absolute atomic E-state index is 12.5. The number of likely N-dealkylation sites (tertiary alicyclic amines) is 1. The van der Waals surface area contributed by atoms with Gasteiger partial charge in [-0.15, -0.1) is 0 Å². The number of hydrogen-bond donors (Lipinski definition) is 1. The standard InChI is InChI=1S/C31H37N7O/c1-6-7-8-9-10-11-23(3)34-26-20-25(13-12-22(26)2)28-29-30(32)33-16-19-38(29)31(35-28)24-14-17-37(18-15-24)27(39)21-36(4)5/h6-13,16,19-20,24H,2-3,14-15,17-18,21H2,1,4-5H3,(H2,32,33)/b7-6-,9-8-,11-10+,34-26-. The first kappa shape index (κ1) is 27.7. The van der Waals surface area contributed by atoms with Crippen LogP contribution in [-0.2, 0) is 4.79 Å². The van der Waals surface area contributed by atoms with Crippen molar-refractivity contribution in [1.29, 1.82) is 0 Å². The lowest BCUT2D eigenvalue weighted by atomic mass is 9.96. The maximum Gasteiger partial charge on any atom is 0.236 e. The highest BCUT2D eigenvalue weighted by atomic mass is 16.2. The van der Waals surface area contributed by atoms with Gasteiger partial charge >= 0.3 is 0 Å². The molecule has 0 aromatic carbocycles. The van der Waals surface area contributed by atoms with E-state index in [1.54, 1.807) is 6.20 Å². The Bertz CT molecular complexity index is 1440. The highest BCUT2D eigenvalue weighted by Crippen LogP contribution is 2.34. The molecule has 1 amide bonds. The molecule has 2 N–H and O–H groups in total. The van der Waals surface area contributed by atoms with Crippen molar-refractivity contribution in [2.45, 2.75) is 25.7 Å². The second-order valence-corrected chi connectivity index (χ2v) is 9.96. The molecule has 0 saturated carbocycles. The summed E-state index contributed by atoms with van der Waals surface area (Å²) in [6, 6.07) is 0. The highest BCUT2D eigenvalue weighted by molar-refractivity contribution is 6.17. The number of aliphatic imine (C=N–C) groups is 1. The fourth-order valence-corrected chi connectivity index (χ4v) is 4.75. The molecule has 8 heteroatoms. The molecule has 0 atom stereocenters. The van der Waals surface area contributed by atoms with E-state index < -0.39 is 0 Å². The van der Waals surface area contributed by atoms with Crippen LogP contribution in [0, 0.1) is 0 Å². The maximum atomic E-state index is 12.5. The summed E-state index contributed by atoms with van der Waals surface area (Å²) in [5.74, 6) is 1.72. The van der Waals surface area contributed by atoms with E-state index in [4.69, 9.17) is 10.7 Å². The van der Waals surface area contributed by atoms with Gasteiger partial charge in [0, 0.05) is 37.0 Å². The minimum absolute atomic E-state index is 0.162. The number of carbonyl (C=O) groups excluding carboxylic acids is 1. The number of amides is 1. The number of rotatable bonds is 8. The van der Waals surface area contributed by atoms with Gasteiger partial charge < -0.3 is 15.5 Å². The van der Waals surface area contributed by atoms with Crippen LogP contribution in [0.1, 0.15) is 37.2 Å². The van der Waals surface area contributed by atoms with E-state index in [1.807, 2.05) is 96.1 Å². The molecule has 2 aliphatic rings. The molecule has 39 heavy (non-hydrogen) atoms. The summed E-state index contributed by atoms with van der Waals surface area (Å²) in [5, 5.41) is 0. The molecule has 0 radical (unpaired) electrons. The minimum Gasteiger partial charge on any atom is -0.382 e. The second-order valence-electron chi connectivity index (χ2n) is 9.96. The zero-order chi connectivity index (χ0) is 27.9. The first-order valence-electron chi connectivity index (χ1n) is 13.2. The molecule has 4 rings (SSSR count). The number of nitrogen functional groups attached to an aromatic ring is 1. The van der Waals surface area contributed by atoms with E-state index >= 15 is 0 Å². The zero-order valence-electron chi connectivity index (χ0n) is 23.0. The van der Waals surface area contributed by atoms with Crippen molar-refractivity contribution < 1.29 is 4.79 Å². The van der Waals surface area contributed by atoms with Crippen LogP contribution in [0.25, 0.3) is 11.1 Å². The minimum atomic E-state index is 0.162. The van der Waals surface area contributed by atoms with Gasteiger partial charge in [-0.25, -0.2) is 15.0 Å². The number of nitrogens with zero attached hydrogens (tertiary/aromatic N) is 6. The zero-order valence-corrected chi connectivity index (χ0v) is 23.0. The largest absolute Gasteiger partial charge is 0.382 e. The van der Waals surface area contributed by atoms with Gasteiger partial charge in [0.05, 0.1) is 18.0 Å². The molecular weight excluding hydrogens is 486 g/mol. The van der Waals surface area contributed by atoms with E-state index in [0.29, 0.717) is 31.1 Å². The lowest BCUT2D eigenvalue weighted by molar-refractivity contribution is -0.132. The molecule has 0 spiro atoms. The quantitative estimate of drug-likeness (QED) is 0.505. The van der Waals surface area contributed by atoms with Gasteiger partial charge in [0.2, 0.25) is 5.91 Å². The van der Waals surface area contributed by atoms with Crippen LogP contribution >= 0.6 is 0 Å². The number of nitrogens with two attached hydrogens (primary N) is 1. The highest BCUT2D eigenvalue weighted by Gasteiger charge is 2.29. The van der Waals surface area contributed by atoms with Crippen LogP contribution < -0.4 is 5.73 Å². The van der Waals surface area contributed by atoms with E-state index in [2.05, 4.69) is 23.1 Å². The predicted octanol–water partition coefficient (Wildman–Crippen LogP) is 4.73. The molecule has 1 fully saturated rings. The van der Waals surface area contributed by atoms with Crippen molar-refractivity contribution in [1.82, 2.24) is 24.2 Å². The molecule has 0 bridgehead atoms. The summed E-state index contributed by atoms with van der Waals surface area (Å²) in [5.41, 5.74) is 10.9. The van der Waals surface area contributed by atoms with Crippen LogP contribution in [0.15, 0.2) is 96.5 Å². The van der Waals surface area contributed by atoms with Crippen molar-refractivity contribution in [3.8, 4) is 0 Å². The molecule has 1 saturated heterocycles. The molecule has 202 valence electrons. The van der Waals surface area contributed by atoms with Gasteiger partial charge in [0.15, 0.2) is 0 Å². The van der Waals surface area contributed by atoms with Crippen molar-refractivity contribution in [3.05, 3.63) is 103 Å². The Morgan fingerprint density at radius 2 is 1.95 bits per heavy atom. The Morgan fingerprint density at radius 3 is 2.67 bits per heavy atom. The van der Waals surface area contributed by atoms with Gasteiger partial charge in [0.1, 0.15) is 22.9 Å². The van der Waals surface area contributed by atoms with E-state index in [-0.39, 0.29) is 11.8 Å². The third-order valence-corrected chi connectivity index (χ3v) is 6.71. The Morgan fingerprint density at radius 1 is 1.21 bits per heavy atom. The third-order valence-electron chi connectivity index (χ3n) is 6.71. The first-order valence-corrected chi connectivity index (χ1v) is 13.2. The normalized spacial score (nSPS) is 18.1. The molecule has 1 aliphatic carbocycles. The number of allylic oxidation sites excluding steroid dienone is 11. The van der Waals surface area contributed by atoms with Gasteiger partial charge in [-0.1, -0.05) is 55.7 Å². The van der Waals surface area contributed by atoms with Gasteiger partial charge in [-0.3, -0.25) is 9.20 Å². The monoisotopic (exact) mass is 523 g/mol. The summed E-state index contributed by atoms with van der Waals surface area (Å²) >= 11 is 0. The average Bonchev–Trinajstić information content (AvgIpc) is 3.30. The van der Waals surface area contributed by atoms with Crippen molar-refractivity contribution in [2.75, 3.05) is 39.5 Å². The Hall–Kier alpha value is -4.30. The Kier molecular flexibility index (Phi) is 8.88. The number of piperidine rings is 1. The summed E-state index contributed by atoms with van der Waals surface area (Å²) in [4.78, 5) is 30.5. The van der Waals surface area contributed by atoms with Crippen molar-refractivity contribution >= 4 is 28.5 Å². The first-order chi connectivity index (χ1) is 18.8. The van der Waals surface area contributed by atoms with Gasteiger partial charge in [-0.05, 0) is 51.6 Å². The third kappa shape index (κ3) is 6.59. The van der Waals surface area contributed by atoms with Crippen LogP contribution in [0.5, 0.6) is 0 Å². The molecule has 0 unspecified atom stereocenters. The topological polar surface area (TPSA) is 92.1 Å². The smallest absolute Gasteiger partial charge is 0.236 e. The van der Waals surface area contributed by atoms with E-state index in [9.17, 15) is 4.79 Å². The summed E-state index contributed by atoms with van der Waals surface area (Å²) < 4.78 is 2.05. The van der Waals surface area contributed by atoms with Crippen LogP contribution in [-0.4, -0.2) is 69.5 Å². The van der Waals surface area contributed by atoms with Gasteiger partial charge in [-0.2, -0.15) is 0 Å². The lowest BCUT2D eigenvalue weighted by Crippen LogP contribution is -2.42. The number of carbonyl (C=O) groups is 1. The molecule has 1 aliphatic heterocycles. The van der Waals surface area contributed by atoms with Crippen LogP contribution in [0.4, 0.5) is 5.82 Å². The number of hydrogen-bond acceptors (Lipinski definition) is 6. The number of imidazole rings is 1. The summed E-state index contributed by atoms with van der Waals surface area (Å²) in [7, 11) is 3.83. The molecule has 8 nitrogen and oxygen atoms in total. The molecule has 3 heterocycles. The second kappa shape index (κ2) is 12.5. The fourth-order valence-electron chi connectivity index (χ4n) is 4.75. The number of aromatic nitrogens is 3. The predicted molar refractivity (Wildman–Crippen MR) is 160 cm³/mol. The number of likely N-dealkylation sites (N-methyl/N-ethyl adjacent to an activating group) is 1. The Balaban J connectivity index is 1.62. The van der Waals surface area contributed by atoms with Crippen molar-refractivity contribution in [2.24, 2.45) is 4.99 Å². The lowest BCUT2D eigenvalue weighted by Gasteiger charge is -2.32. The molecule has 2 aromatic rings. The SMILES string of the molecule is C=C(/C=C/C=C\C=C/C)/N=C1/C=C(c2nc(C3CCN(C(=O)CN(C)C)CC3)n3ccnc(N)c23)C=CC1=C. The van der Waals surface area contributed by atoms with Gasteiger partial charge in [0.25, 0.3) is 0 Å². The molecule has 2 aromatic heterocycles. The molecular formula is C31H37N7O. The van der Waals surface area contributed by atoms with E-state index in [1.165, 1.54) is 0 Å². The number of fused-ring (bicyclic) bond motifs is 1. The number of anilines is 1. The summed E-state index contributed by atoms with van der Waals surface area (Å²) in [6.07, 6.45) is 22.7. The fraction of sp³-hybridized carbons (Fsp3) is 0.290. The average molecular weight is 524 g/mol. The van der Waals surface area contributed by atoms with E-state index in [0.717, 1.165) is 46.7 Å². The summed E-state index contributed by atoms with van der Waals surface area (Å²) in [6.45, 7) is 12.0. The van der Waals surface area contributed by atoms with Crippen molar-refractivity contribution in [3.63, 3.8) is 0 Å². The van der Waals surface area contributed by atoms with Crippen LogP contribution in [0.2, 0.25) is 0 Å². The van der Waals surface area contributed by atoms with Crippen LogP contribution in [0.3, 0.4) is 0 Å². The Labute approximate surface area is 230 Å².